The summed E-state index contributed by atoms with van der Waals surface area (Å²) >= 11 is 6.08. The highest BCUT2D eigenvalue weighted by molar-refractivity contribution is 7.87. The normalized spacial score (nSPS) is 32.2. The standard InChI is InChI=1S/C10H17ClN2O4S/c1-2-17-10(14)12-18(15,16)13-8-3-4-9(13)6-7(11)5-8/h7-9H,2-6H2,1H3,(H,12,14). The molecule has 2 rings (SSSR count). The van der Waals surface area contributed by atoms with Crippen molar-refractivity contribution in [3.05, 3.63) is 0 Å². The molecule has 0 saturated carbocycles. The number of fused-ring (bicyclic) bond motifs is 2. The molecule has 1 amide bonds. The number of nitrogens with zero attached hydrogens (tertiary/aromatic N) is 1. The maximum Gasteiger partial charge on any atom is 0.421 e. The highest BCUT2D eigenvalue weighted by atomic mass is 35.5. The first-order chi connectivity index (χ1) is 8.44. The molecule has 2 atom stereocenters. The van der Waals surface area contributed by atoms with Gasteiger partial charge in [0.25, 0.3) is 0 Å². The first kappa shape index (κ1) is 13.9. The van der Waals surface area contributed by atoms with Crippen LogP contribution in [0.4, 0.5) is 4.79 Å². The van der Waals surface area contributed by atoms with Crippen molar-refractivity contribution in [1.82, 2.24) is 9.03 Å². The summed E-state index contributed by atoms with van der Waals surface area (Å²) < 4.78 is 32.1. The van der Waals surface area contributed by atoms with Crippen molar-refractivity contribution in [3.8, 4) is 0 Å². The van der Waals surface area contributed by atoms with Crippen LogP contribution in [0.3, 0.4) is 0 Å². The minimum Gasteiger partial charge on any atom is -0.449 e. The summed E-state index contributed by atoms with van der Waals surface area (Å²) in [5, 5.41) is 0.0246. The molecule has 0 aromatic heterocycles. The Morgan fingerprint density at radius 1 is 1.39 bits per heavy atom. The van der Waals surface area contributed by atoms with Gasteiger partial charge in [-0.3, -0.25) is 0 Å². The van der Waals surface area contributed by atoms with E-state index in [0.29, 0.717) is 12.8 Å². The first-order valence-corrected chi connectivity index (χ1v) is 7.93. The van der Waals surface area contributed by atoms with E-state index in [1.807, 2.05) is 4.72 Å². The van der Waals surface area contributed by atoms with Gasteiger partial charge in [-0.2, -0.15) is 12.7 Å². The van der Waals surface area contributed by atoms with Crippen molar-refractivity contribution >= 4 is 27.9 Å². The van der Waals surface area contributed by atoms with E-state index in [1.165, 1.54) is 4.31 Å². The lowest BCUT2D eigenvalue weighted by Gasteiger charge is -2.35. The average molecular weight is 297 g/mol. The number of carbonyl (C=O) groups is 1. The van der Waals surface area contributed by atoms with Crippen LogP contribution in [0.25, 0.3) is 0 Å². The summed E-state index contributed by atoms with van der Waals surface area (Å²) in [6.45, 7) is 1.76. The Bertz CT molecular complexity index is 414. The van der Waals surface area contributed by atoms with Gasteiger partial charge in [-0.05, 0) is 32.6 Å². The second kappa shape index (κ2) is 5.22. The molecule has 2 unspecified atom stereocenters. The second-order valence-corrected chi connectivity index (χ2v) is 6.80. The van der Waals surface area contributed by atoms with Crippen LogP contribution in [-0.4, -0.2) is 42.9 Å². The lowest BCUT2D eigenvalue weighted by molar-refractivity contribution is 0.157. The predicted octanol–water partition coefficient (Wildman–Crippen LogP) is 1.21. The Morgan fingerprint density at radius 2 is 1.94 bits per heavy atom. The fraction of sp³-hybridized carbons (Fsp3) is 0.900. The fourth-order valence-corrected chi connectivity index (χ4v) is 4.73. The van der Waals surface area contributed by atoms with E-state index < -0.39 is 16.3 Å². The molecule has 0 radical (unpaired) electrons. The SMILES string of the molecule is CCOC(=O)NS(=O)(=O)N1C2CCC1CC(Cl)C2. The molecule has 8 heteroatoms. The molecule has 0 aromatic rings. The fourth-order valence-electron chi connectivity index (χ4n) is 2.78. The zero-order valence-corrected chi connectivity index (χ0v) is 11.7. The molecule has 2 aliphatic heterocycles. The number of carbonyl (C=O) groups excluding carboxylic acids is 1. The summed E-state index contributed by atoms with van der Waals surface area (Å²) in [5.41, 5.74) is 0. The molecular weight excluding hydrogens is 280 g/mol. The van der Waals surface area contributed by atoms with Crippen molar-refractivity contribution in [3.63, 3.8) is 0 Å². The van der Waals surface area contributed by atoms with Crippen LogP contribution in [0, 0.1) is 0 Å². The summed E-state index contributed by atoms with van der Waals surface area (Å²) in [5.74, 6) is 0. The van der Waals surface area contributed by atoms with E-state index in [0.717, 1.165) is 12.8 Å². The van der Waals surface area contributed by atoms with Gasteiger partial charge < -0.3 is 4.74 Å². The van der Waals surface area contributed by atoms with Gasteiger partial charge in [-0.15, -0.1) is 11.6 Å². The van der Waals surface area contributed by atoms with E-state index >= 15 is 0 Å². The van der Waals surface area contributed by atoms with Crippen molar-refractivity contribution < 1.29 is 17.9 Å². The number of nitrogens with one attached hydrogen (secondary N) is 1. The average Bonchev–Trinajstić information content (AvgIpc) is 2.52. The molecule has 0 aliphatic carbocycles. The summed E-state index contributed by atoms with van der Waals surface area (Å²) in [6, 6.07) is -0.198. The first-order valence-electron chi connectivity index (χ1n) is 6.06. The molecule has 18 heavy (non-hydrogen) atoms. The lowest BCUT2D eigenvalue weighted by atomic mass is 10.1. The molecule has 0 aromatic carbocycles. The smallest absolute Gasteiger partial charge is 0.421 e. The third kappa shape index (κ3) is 2.73. The number of hydrogen-bond acceptors (Lipinski definition) is 4. The van der Waals surface area contributed by atoms with Crippen molar-refractivity contribution in [2.45, 2.75) is 50.1 Å². The van der Waals surface area contributed by atoms with Gasteiger partial charge >= 0.3 is 16.3 Å². The van der Waals surface area contributed by atoms with Crippen LogP contribution in [-0.2, 0) is 14.9 Å². The van der Waals surface area contributed by atoms with Crippen LogP contribution in [0.1, 0.15) is 32.6 Å². The number of ether oxygens (including phenoxy) is 1. The number of alkyl halides is 1. The van der Waals surface area contributed by atoms with Crippen molar-refractivity contribution in [2.75, 3.05) is 6.61 Å². The van der Waals surface area contributed by atoms with E-state index in [2.05, 4.69) is 4.74 Å². The second-order valence-electron chi connectivity index (χ2n) is 4.61. The highest BCUT2D eigenvalue weighted by Gasteiger charge is 2.46. The van der Waals surface area contributed by atoms with Gasteiger partial charge in [0.2, 0.25) is 0 Å². The van der Waals surface area contributed by atoms with E-state index in [-0.39, 0.29) is 24.1 Å². The van der Waals surface area contributed by atoms with Crippen LogP contribution in [0.5, 0.6) is 0 Å². The Balaban J connectivity index is 2.09. The zero-order chi connectivity index (χ0) is 13.3. The van der Waals surface area contributed by atoms with Gasteiger partial charge in [-0.1, -0.05) is 0 Å². The molecule has 6 nitrogen and oxygen atoms in total. The Kier molecular flexibility index (Phi) is 4.03. The maximum absolute atomic E-state index is 12.1. The largest absolute Gasteiger partial charge is 0.449 e. The van der Waals surface area contributed by atoms with Gasteiger partial charge in [-0.25, -0.2) is 9.52 Å². The van der Waals surface area contributed by atoms with Gasteiger partial charge in [0.15, 0.2) is 0 Å². The third-order valence-electron chi connectivity index (χ3n) is 3.37. The lowest BCUT2D eigenvalue weighted by Crippen LogP contribution is -2.52. The van der Waals surface area contributed by atoms with Crippen molar-refractivity contribution in [1.29, 1.82) is 0 Å². The number of halogens is 1. The minimum atomic E-state index is -3.81. The molecular formula is C10H17ClN2O4S. The quantitative estimate of drug-likeness (QED) is 0.794. The van der Waals surface area contributed by atoms with Gasteiger partial charge in [0.05, 0.1) is 6.61 Å². The molecule has 104 valence electrons. The van der Waals surface area contributed by atoms with E-state index in [9.17, 15) is 13.2 Å². The van der Waals surface area contributed by atoms with Gasteiger partial charge in [0, 0.05) is 17.5 Å². The van der Waals surface area contributed by atoms with Crippen LogP contribution >= 0.6 is 11.6 Å². The molecule has 2 aliphatic rings. The summed E-state index contributed by atoms with van der Waals surface area (Å²) in [7, 11) is -3.81. The highest BCUT2D eigenvalue weighted by Crippen LogP contribution is 2.39. The third-order valence-corrected chi connectivity index (χ3v) is 5.31. The molecule has 0 spiro atoms. The number of amides is 1. The summed E-state index contributed by atoms with van der Waals surface area (Å²) in [4.78, 5) is 11.2. The van der Waals surface area contributed by atoms with Crippen LogP contribution in [0.15, 0.2) is 0 Å². The maximum atomic E-state index is 12.1. The van der Waals surface area contributed by atoms with E-state index in [1.54, 1.807) is 6.92 Å². The summed E-state index contributed by atoms with van der Waals surface area (Å²) in [6.07, 6.45) is 1.96. The Labute approximate surface area is 112 Å². The topological polar surface area (TPSA) is 75.7 Å². The molecule has 2 fully saturated rings. The molecule has 1 N–H and O–H groups in total. The molecule has 2 heterocycles. The van der Waals surface area contributed by atoms with Gasteiger partial charge in [0.1, 0.15) is 0 Å². The van der Waals surface area contributed by atoms with Crippen molar-refractivity contribution in [2.24, 2.45) is 0 Å². The minimum absolute atomic E-state index is 0.0246. The van der Waals surface area contributed by atoms with E-state index in [4.69, 9.17) is 11.6 Å². The molecule has 2 bridgehead atoms. The monoisotopic (exact) mass is 296 g/mol. The Morgan fingerprint density at radius 3 is 2.44 bits per heavy atom. The van der Waals surface area contributed by atoms with Crippen LogP contribution in [0.2, 0.25) is 0 Å². The number of hydrogen-bond donors (Lipinski definition) is 1. The zero-order valence-electron chi connectivity index (χ0n) is 10.1. The number of piperidine rings is 1. The number of rotatable bonds is 3. The molecule has 2 saturated heterocycles. The Hall–Kier alpha value is -0.530. The predicted molar refractivity (Wildman–Crippen MR) is 66.6 cm³/mol. The van der Waals surface area contributed by atoms with Crippen LogP contribution < -0.4 is 4.72 Å².